The minimum Gasteiger partial charge on any atom is -0.491 e. The van der Waals surface area contributed by atoms with Crippen molar-refractivity contribution in [1.29, 1.82) is 0 Å². The van der Waals surface area contributed by atoms with E-state index in [1.165, 1.54) is 58.3 Å². The number of benzene rings is 4. The SMILES string of the molecule is C=C(C)C(=O)O.CCCCCCCCCCCCOC1=C(c2ccccc2)C2=C(c3ccccc3)C3=NC(=CC4=NC(=CC5=NC(=CC1=N2)C=C5)C=C4)C(c1ccccc1)=C3c1ccccc1. The van der Waals surface area contributed by atoms with E-state index in [2.05, 4.69) is 159 Å². The maximum absolute atomic E-state index is 9.60. The number of hydrogen-bond donors (Lipinski definition) is 1. The van der Waals surface area contributed by atoms with Crippen LogP contribution in [-0.2, 0) is 9.53 Å². The molecule has 5 aliphatic rings. The van der Waals surface area contributed by atoms with E-state index in [9.17, 15) is 4.79 Å². The zero-order valence-corrected chi connectivity index (χ0v) is 38.6. The molecular formula is C60H58N4O3. The standard InChI is InChI=1S/C56H52N4O.C4H6O2/c1-2-3-4-5-6-7-8-9-10-23-36-61-56-49-39-47-35-33-45(58-47)37-44-32-34-46(57-44)38-48-50(40-24-15-11-16-25-40)51(41-26-17-12-18-27-41)54(59-48)52(42-28-19-13-20-29-42)55(60-49)53(56)43-30-21-14-22-31-43;1-3(2)4(5)6/h11-22,24-35,37-39H,2-10,23,36H2,1H3;1H2,2H3,(H,5,6). The topological polar surface area (TPSA) is 96.0 Å². The largest absolute Gasteiger partial charge is 0.491 e. The molecule has 0 aromatic heterocycles. The molecule has 4 aromatic carbocycles. The lowest BCUT2D eigenvalue weighted by atomic mass is 9.85. The maximum atomic E-state index is 9.60. The first-order valence-electron chi connectivity index (χ1n) is 23.7. The molecule has 0 amide bonds. The summed E-state index contributed by atoms with van der Waals surface area (Å²) in [6.45, 7) is 7.48. The Morgan fingerprint density at radius 3 is 1.49 bits per heavy atom. The van der Waals surface area contributed by atoms with E-state index >= 15 is 0 Å². The predicted octanol–water partition coefficient (Wildman–Crippen LogP) is 14.6. The lowest BCUT2D eigenvalue weighted by Crippen LogP contribution is -2.08. The van der Waals surface area contributed by atoms with Gasteiger partial charge in [-0.05, 0) is 78.1 Å². The van der Waals surface area contributed by atoms with Crippen molar-refractivity contribution in [2.75, 3.05) is 6.61 Å². The van der Waals surface area contributed by atoms with Gasteiger partial charge in [0.2, 0.25) is 0 Å². The molecule has 0 atom stereocenters. The average molecular weight is 883 g/mol. The lowest BCUT2D eigenvalue weighted by molar-refractivity contribution is -0.132. The fraction of sp³-hybridized carbons (Fsp3) is 0.217. The highest BCUT2D eigenvalue weighted by molar-refractivity contribution is 6.52. The number of aliphatic carboxylic acids is 1. The molecule has 7 nitrogen and oxygen atoms in total. The fourth-order valence-electron chi connectivity index (χ4n) is 8.60. The molecule has 0 aliphatic carbocycles. The highest BCUT2D eigenvalue weighted by Gasteiger charge is 2.36. The van der Waals surface area contributed by atoms with Crippen LogP contribution in [0, 0.1) is 0 Å². The minimum absolute atomic E-state index is 0.176. The average Bonchev–Trinajstić information content (AvgIpc) is 4.16. The van der Waals surface area contributed by atoms with E-state index < -0.39 is 5.97 Å². The van der Waals surface area contributed by atoms with Crippen molar-refractivity contribution < 1.29 is 14.6 Å². The number of nitrogens with zero attached hydrogens (tertiary/aromatic N) is 4. The molecule has 1 N–H and O–H groups in total. The van der Waals surface area contributed by atoms with Crippen LogP contribution >= 0.6 is 0 Å². The summed E-state index contributed by atoms with van der Waals surface area (Å²) in [5, 5.41) is 7.89. The summed E-state index contributed by atoms with van der Waals surface area (Å²) >= 11 is 0. The van der Waals surface area contributed by atoms with Crippen LogP contribution in [0.25, 0.3) is 22.3 Å². The van der Waals surface area contributed by atoms with E-state index in [-0.39, 0.29) is 5.57 Å². The number of carbonyl (C=O) groups is 1. The van der Waals surface area contributed by atoms with Gasteiger partial charge in [-0.2, -0.15) is 0 Å². The molecule has 5 aliphatic heterocycles. The predicted molar refractivity (Wildman–Crippen MR) is 279 cm³/mol. The molecule has 7 heteroatoms. The van der Waals surface area contributed by atoms with Crippen molar-refractivity contribution in [3.63, 3.8) is 0 Å². The first kappa shape index (κ1) is 46.0. The van der Waals surface area contributed by atoms with E-state index in [4.69, 9.17) is 29.8 Å². The van der Waals surface area contributed by atoms with Gasteiger partial charge in [-0.3, -0.25) is 0 Å². The smallest absolute Gasteiger partial charge is 0.330 e. The summed E-state index contributed by atoms with van der Waals surface area (Å²) in [7, 11) is 0. The minimum atomic E-state index is -0.935. The second-order valence-electron chi connectivity index (χ2n) is 17.1. The van der Waals surface area contributed by atoms with Crippen LogP contribution in [0.2, 0.25) is 0 Å². The summed E-state index contributed by atoms with van der Waals surface area (Å²) in [5.74, 6) is -0.164. The van der Waals surface area contributed by atoms with Crippen LogP contribution in [0.5, 0.6) is 0 Å². The maximum Gasteiger partial charge on any atom is 0.330 e. The van der Waals surface area contributed by atoms with Gasteiger partial charge in [-0.15, -0.1) is 0 Å². The summed E-state index contributed by atoms with van der Waals surface area (Å²) in [6, 6.07) is 42.4. The quantitative estimate of drug-likeness (QED) is 0.0845. The number of carboxylic acid groups (broad SMARTS) is 1. The van der Waals surface area contributed by atoms with Gasteiger partial charge in [0.05, 0.1) is 52.1 Å². The number of rotatable bonds is 17. The van der Waals surface area contributed by atoms with Crippen molar-refractivity contribution in [3.05, 3.63) is 227 Å². The highest BCUT2D eigenvalue weighted by atomic mass is 16.5. The number of ether oxygens (including phenoxy) is 1. The monoisotopic (exact) mass is 882 g/mol. The molecule has 0 saturated carbocycles. The van der Waals surface area contributed by atoms with Crippen molar-refractivity contribution in [2.24, 2.45) is 20.0 Å². The van der Waals surface area contributed by atoms with Crippen LogP contribution < -0.4 is 0 Å². The van der Waals surface area contributed by atoms with Gasteiger partial charge in [-0.1, -0.05) is 193 Å². The van der Waals surface area contributed by atoms with Gasteiger partial charge in [-0.25, -0.2) is 24.8 Å². The Bertz CT molecular complexity index is 2850. The van der Waals surface area contributed by atoms with Crippen molar-refractivity contribution >= 4 is 51.1 Å². The molecule has 5 heterocycles. The third kappa shape index (κ3) is 11.5. The lowest BCUT2D eigenvalue weighted by Gasteiger charge is -2.18. The second kappa shape index (κ2) is 22.6. The number of allylic oxidation sites excluding steroid dienone is 11. The van der Waals surface area contributed by atoms with E-state index in [0.717, 1.165) is 109 Å². The van der Waals surface area contributed by atoms with Gasteiger partial charge >= 0.3 is 5.97 Å². The van der Waals surface area contributed by atoms with Crippen molar-refractivity contribution in [3.8, 4) is 0 Å². The molecule has 9 rings (SSSR count). The van der Waals surface area contributed by atoms with Crippen LogP contribution in [-0.4, -0.2) is 40.5 Å². The van der Waals surface area contributed by atoms with Crippen LogP contribution in [0.15, 0.2) is 225 Å². The van der Waals surface area contributed by atoms with Gasteiger partial charge in [0.1, 0.15) is 5.71 Å². The summed E-state index contributed by atoms with van der Waals surface area (Å²) in [4.78, 5) is 31.0. The summed E-state index contributed by atoms with van der Waals surface area (Å²) in [5.41, 5.74) is 15.0. The zero-order valence-electron chi connectivity index (χ0n) is 38.6. The van der Waals surface area contributed by atoms with Crippen molar-refractivity contribution in [1.82, 2.24) is 0 Å². The third-order valence-electron chi connectivity index (χ3n) is 12.0. The molecule has 4 aromatic rings. The Hall–Kier alpha value is -7.51. The second-order valence-corrected chi connectivity index (χ2v) is 17.1. The normalized spacial score (nSPS) is 15.9. The Morgan fingerprint density at radius 1 is 0.522 bits per heavy atom. The fourth-order valence-corrected chi connectivity index (χ4v) is 8.60. The Labute approximate surface area is 395 Å². The van der Waals surface area contributed by atoms with Crippen LogP contribution in [0.4, 0.5) is 0 Å². The molecule has 0 radical (unpaired) electrons. The highest BCUT2D eigenvalue weighted by Crippen LogP contribution is 2.47. The molecule has 0 saturated heterocycles. The number of fused-ring (bicyclic) bond motifs is 4. The third-order valence-corrected chi connectivity index (χ3v) is 12.0. The molecule has 336 valence electrons. The van der Waals surface area contributed by atoms with Crippen molar-refractivity contribution in [2.45, 2.75) is 78.1 Å². The number of aliphatic imine (C=N–C) groups is 4. The van der Waals surface area contributed by atoms with Crippen LogP contribution in [0.1, 0.15) is 100 Å². The van der Waals surface area contributed by atoms with Gasteiger partial charge < -0.3 is 9.84 Å². The van der Waals surface area contributed by atoms with Gasteiger partial charge in [0.25, 0.3) is 0 Å². The number of unbranched alkanes of at least 4 members (excludes halogenated alkanes) is 9. The molecular weight excluding hydrogens is 825 g/mol. The van der Waals surface area contributed by atoms with Crippen LogP contribution in [0.3, 0.4) is 0 Å². The number of carboxylic acids is 1. The Morgan fingerprint density at radius 2 is 0.970 bits per heavy atom. The Balaban J connectivity index is 0.000000952. The molecule has 67 heavy (non-hydrogen) atoms. The van der Waals surface area contributed by atoms with Gasteiger partial charge in [0, 0.05) is 22.3 Å². The first-order valence-corrected chi connectivity index (χ1v) is 23.7. The first-order chi connectivity index (χ1) is 32.9. The summed E-state index contributed by atoms with van der Waals surface area (Å²) in [6.07, 6.45) is 27.1. The molecule has 0 spiro atoms. The molecule has 0 unspecified atom stereocenters. The van der Waals surface area contributed by atoms with E-state index in [1.807, 2.05) is 18.2 Å². The van der Waals surface area contributed by atoms with Gasteiger partial charge in [0.15, 0.2) is 5.76 Å². The molecule has 0 fully saturated rings. The number of hydrogen-bond acceptors (Lipinski definition) is 6. The molecule has 8 bridgehead atoms. The van der Waals surface area contributed by atoms with E-state index in [0.29, 0.717) is 6.61 Å². The van der Waals surface area contributed by atoms with E-state index in [1.54, 1.807) is 0 Å². The summed E-state index contributed by atoms with van der Waals surface area (Å²) < 4.78 is 7.01. The zero-order chi connectivity index (χ0) is 46.4. The Kier molecular flexibility index (Phi) is 15.5.